The fourth-order valence-electron chi connectivity index (χ4n) is 4.71. The molecular formula is C43H46N2O16. The third-order valence-electron chi connectivity index (χ3n) is 7.77. The van der Waals surface area contributed by atoms with E-state index in [1.165, 1.54) is 82.3 Å². The van der Waals surface area contributed by atoms with E-state index < -0.39 is 60.2 Å². The van der Waals surface area contributed by atoms with Crippen molar-refractivity contribution < 1.29 is 76.3 Å². The predicted octanol–water partition coefficient (Wildman–Crippen LogP) is 6.14. The maximum absolute atomic E-state index is 12.8. The Morgan fingerprint density at radius 3 is 1.28 bits per heavy atom. The number of hydrogen-bond donors (Lipinski definition) is 2. The Kier molecular flexibility index (Phi) is 18.7. The van der Waals surface area contributed by atoms with Crippen LogP contribution in [0.3, 0.4) is 0 Å². The summed E-state index contributed by atoms with van der Waals surface area (Å²) in [4.78, 5) is 99.3. The zero-order valence-corrected chi connectivity index (χ0v) is 34.2. The fourth-order valence-corrected chi connectivity index (χ4v) is 4.71. The van der Waals surface area contributed by atoms with Crippen molar-refractivity contribution in [2.75, 3.05) is 50.3 Å². The van der Waals surface area contributed by atoms with Crippen LogP contribution in [0.4, 0.5) is 21.0 Å². The van der Waals surface area contributed by atoms with E-state index >= 15 is 0 Å². The molecule has 324 valence electrons. The molecule has 0 saturated heterocycles. The minimum absolute atomic E-state index is 0.0896. The third kappa shape index (κ3) is 16.0. The summed E-state index contributed by atoms with van der Waals surface area (Å²) in [5, 5.41) is 5.07. The molecule has 61 heavy (non-hydrogen) atoms. The molecule has 2 atom stereocenters. The van der Waals surface area contributed by atoms with Gasteiger partial charge in [0.2, 0.25) is 0 Å². The summed E-state index contributed by atoms with van der Waals surface area (Å²) in [6.45, 7) is 12.8. The van der Waals surface area contributed by atoms with Crippen molar-refractivity contribution in [3.05, 3.63) is 119 Å². The number of benzene rings is 3. The van der Waals surface area contributed by atoms with E-state index in [0.29, 0.717) is 5.56 Å². The minimum Gasteiger partial charge on any atom is -0.459 e. The number of hydrogen-bond acceptors (Lipinski definition) is 16. The molecule has 2 N–H and O–H groups in total. The first-order chi connectivity index (χ1) is 29.0. The number of amides is 2. The van der Waals surface area contributed by atoms with E-state index in [2.05, 4.69) is 23.8 Å². The van der Waals surface area contributed by atoms with Crippen LogP contribution in [0, 0.1) is 6.92 Å². The first kappa shape index (κ1) is 47.9. The van der Waals surface area contributed by atoms with Crippen LogP contribution >= 0.6 is 0 Å². The van der Waals surface area contributed by atoms with Gasteiger partial charge in [0.05, 0.1) is 22.3 Å². The Morgan fingerprint density at radius 1 is 0.525 bits per heavy atom. The molecule has 0 fully saturated rings. The largest absolute Gasteiger partial charge is 0.459 e. The summed E-state index contributed by atoms with van der Waals surface area (Å²) in [7, 11) is 0. The number of rotatable bonds is 20. The number of aryl methyl sites for hydroxylation is 1. The van der Waals surface area contributed by atoms with Gasteiger partial charge in [-0.1, -0.05) is 43.5 Å². The molecule has 18 nitrogen and oxygen atoms in total. The van der Waals surface area contributed by atoms with Crippen LogP contribution in [0.25, 0.3) is 0 Å². The Bertz CT molecular complexity index is 2150. The quantitative estimate of drug-likeness (QED) is 0.0563. The van der Waals surface area contributed by atoms with Crippen LogP contribution in [-0.2, 0) is 47.5 Å². The molecule has 0 aliphatic heterocycles. The molecule has 2 amide bonds. The zero-order chi connectivity index (χ0) is 45.1. The van der Waals surface area contributed by atoms with E-state index in [1.54, 1.807) is 19.1 Å². The molecule has 0 bridgehead atoms. The standard InChI is InChI=1S/C43H46N2O16/c1-25(2)36(46)54-18-20-56-38(48)31-12-8-10-14-33(31)40(50)58-23-28(6)60-42(52)44-30-17-16-27(5)35(22-30)45-43(53)61-29(7)24-59-41(51)34-15-11-9-13-32(34)39(49)57-21-19-55-37(47)26(3)4/h8-17,22,28-29H,1,3,18-21,23-24H2,2,4-7H3,(H,44,52)(H,45,53). The highest BCUT2D eigenvalue weighted by molar-refractivity contribution is 6.04. The maximum atomic E-state index is 12.8. The van der Waals surface area contributed by atoms with Crippen molar-refractivity contribution in [1.82, 2.24) is 0 Å². The van der Waals surface area contributed by atoms with Gasteiger partial charge in [-0.25, -0.2) is 38.4 Å². The van der Waals surface area contributed by atoms with Crippen molar-refractivity contribution in [1.29, 1.82) is 0 Å². The molecule has 3 rings (SSSR count). The van der Waals surface area contributed by atoms with Gasteiger partial charge in [0.1, 0.15) is 51.8 Å². The molecule has 3 aromatic carbocycles. The van der Waals surface area contributed by atoms with Crippen molar-refractivity contribution in [3.63, 3.8) is 0 Å². The zero-order valence-electron chi connectivity index (χ0n) is 34.2. The number of carbonyl (C=O) groups excluding carboxylic acids is 8. The molecule has 0 saturated carbocycles. The number of esters is 6. The number of anilines is 2. The lowest BCUT2D eigenvalue weighted by molar-refractivity contribution is -0.140. The van der Waals surface area contributed by atoms with Gasteiger partial charge >= 0.3 is 48.0 Å². The molecule has 0 spiro atoms. The number of nitrogens with one attached hydrogen (secondary N) is 2. The normalized spacial score (nSPS) is 11.3. The average Bonchev–Trinajstić information content (AvgIpc) is 3.22. The monoisotopic (exact) mass is 846 g/mol. The second-order valence-corrected chi connectivity index (χ2v) is 13.1. The maximum Gasteiger partial charge on any atom is 0.412 e. The molecule has 18 heteroatoms. The van der Waals surface area contributed by atoms with Gasteiger partial charge < -0.3 is 37.9 Å². The molecule has 0 aliphatic carbocycles. The number of ether oxygens (including phenoxy) is 8. The predicted molar refractivity (Wildman–Crippen MR) is 216 cm³/mol. The summed E-state index contributed by atoms with van der Waals surface area (Å²) in [5.41, 5.74) is 1.08. The van der Waals surface area contributed by atoms with Gasteiger partial charge in [-0.2, -0.15) is 0 Å². The average molecular weight is 847 g/mol. The van der Waals surface area contributed by atoms with Gasteiger partial charge in [0, 0.05) is 22.5 Å². The second kappa shape index (κ2) is 23.8. The molecule has 0 radical (unpaired) electrons. The van der Waals surface area contributed by atoms with Gasteiger partial charge in [0.15, 0.2) is 0 Å². The molecule has 0 aliphatic rings. The minimum atomic E-state index is -0.939. The fraction of sp³-hybridized carbons (Fsp3) is 0.302. The Hall–Kier alpha value is -7.50. The van der Waals surface area contributed by atoms with E-state index in [9.17, 15) is 38.4 Å². The Morgan fingerprint density at radius 2 is 0.885 bits per heavy atom. The first-order valence-electron chi connectivity index (χ1n) is 18.5. The van der Waals surface area contributed by atoms with Gasteiger partial charge in [-0.3, -0.25) is 10.6 Å². The summed E-state index contributed by atoms with van der Waals surface area (Å²) in [6, 6.07) is 16.1. The lowest BCUT2D eigenvalue weighted by Crippen LogP contribution is -2.26. The van der Waals surface area contributed by atoms with Crippen molar-refractivity contribution in [2.24, 2.45) is 0 Å². The highest BCUT2D eigenvalue weighted by Crippen LogP contribution is 2.22. The van der Waals surface area contributed by atoms with Crippen LogP contribution in [-0.4, -0.2) is 99.9 Å². The van der Waals surface area contributed by atoms with Gasteiger partial charge in [-0.05, 0) is 76.6 Å². The molecule has 2 unspecified atom stereocenters. The first-order valence-corrected chi connectivity index (χ1v) is 18.5. The van der Waals surface area contributed by atoms with Crippen LogP contribution in [0.2, 0.25) is 0 Å². The summed E-state index contributed by atoms with van der Waals surface area (Å²) in [6.07, 6.45) is -3.69. The molecular weight excluding hydrogens is 800 g/mol. The van der Waals surface area contributed by atoms with Crippen LogP contribution < -0.4 is 10.6 Å². The van der Waals surface area contributed by atoms with Crippen LogP contribution in [0.5, 0.6) is 0 Å². The highest BCUT2D eigenvalue weighted by atomic mass is 16.6. The summed E-state index contributed by atoms with van der Waals surface area (Å²) < 4.78 is 41.1. The van der Waals surface area contributed by atoms with Crippen LogP contribution in [0.15, 0.2) is 91.0 Å². The van der Waals surface area contributed by atoms with Gasteiger partial charge in [-0.15, -0.1) is 0 Å². The van der Waals surface area contributed by atoms with Crippen molar-refractivity contribution in [3.8, 4) is 0 Å². The van der Waals surface area contributed by atoms with E-state index in [0.717, 1.165) is 0 Å². The van der Waals surface area contributed by atoms with E-state index in [1.807, 2.05) is 0 Å². The van der Waals surface area contributed by atoms with Crippen molar-refractivity contribution >= 4 is 59.4 Å². The molecule has 0 aromatic heterocycles. The smallest absolute Gasteiger partial charge is 0.412 e. The number of carbonyl (C=O) groups is 8. The molecule has 3 aromatic rings. The van der Waals surface area contributed by atoms with E-state index in [-0.39, 0.29) is 84.4 Å². The lowest BCUT2D eigenvalue weighted by atomic mass is 10.1. The van der Waals surface area contributed by atoms with Crippen LogP contribution in [0.1, 0.15) is 74.7 Å². The molecule has 0 heterocycles. The Labute approximate surface area is 351 Å². The Balaban J connectivity index is 1.45. The highest BCUT2D eigenvalue weighted by Gasteiger charge is 2.23. The third-order valence-corrected chi connectivity index (χ3v) is 7.77. The lowest BCUT2D eigenvalue weighted by Gasteiger charge is -2.17. The van der Waals surface area contributed by atoms with Crippen molar-refractivity contribution in [2.45, 2.75) is 46.8 Å². The topological polar surface area (TPSA) is 234 Å². The van der Waals surface area contributed by atoms with Gasteiger partial charge in [0.25, 0.3) is 0 Å². The summed E-state index contributed by atoms with van der Waals surface area (Å²) in [5.74, 6) is -4.74. The summed E-state index contributed by atoms with van der Waals surface area (Å²) >= 11 is 0. The SMILES string of the molecule is C=C(C)C(=O)OCCOC(=O)c1ccccc1C(=O)OCC(C)OC(=O)Nc1ccc(C)c(NC(=O)OC(C)COC(=O)c2ccccc2C(=O)OCCOC(=O)C(=C)C)c1. The second-order valence-electron chi connectivity index (χ2n) is 13.1. The van der Waals surface area contributed by atoms with E-state index in [4.69, 9.17) is 37.9 Å².